The molecule has 0 spiro atoms. The lowest BCUT2D eigenvalue weighted by atomic mass is 10.1. The van der Waals surface area contributed by atoms with E-state index in [0.29, 0.717) is 0 Å². The van der Waals surface area contributed by atoms with Crippen molar-refractivity contribution in [3.05, 3.63) is 41.8 Å². The van der Waals surface area contributed by atoms with Crippen LogP contribution < -0.4 is 4.52 Å². The zero-order valence-corrected chi connectivity index (χ0v) is 12.7. The second kappa shape index (κ2) is 5.82. The summed E-state index contributed by atoms with van der Waals surface area (Å²) in [5, 5.41) is 1.88. The van der Waals surface area contributed by atoms with Crippen LogP contribution >= 0.6 is 26.5 Å². The highest BCUT2D eigenvalue weighted by Crippen LogP contribution is 2.56. The van der Waals surface area contributed by atoms with Gasteiger partial charge in [0.1, 0.15) is 0 Å². The molecule has 1 unspecified atom stereocenters. The van der Waals surface area contributed by atoms with Gasteiger partial charge in [0.15, 0.2) is 11.0 Å². The van der Waals surface area contributed by atoms with Crippen LogP contribution in [0.25, 0.3) is 11.1 Å². The molecular weight excluding hydrogens is 322 g/mol. The maximum absolute atomic E-state index is 11.6. The van der Waals surface area contributed by atoms with E-state index in [-0.39, 0.29) is 5.06 Å². The quantitative estimate of drug-likeness (QED) is 0.726. The molecule has 0 aliphatic heterocycles. The van der Waals surface area contributed by atoms with Gasteiger partial charge >= 0.3 is 15.2 Å². The first-order valence-electron chi connectivity index (χ1n) is 5.45. The van der Waals surface area contributed by atoms with E-state index in [0.717, 1.165) is 22.5 Å². The predicted molar refractivity (Wildman–Crippen MR) is 77.1 cm³/mol. The first-order valence-corrected chi connectivity index (χ1v) is 9.89. The van der Waals surface area contributed by atoms with E-state index in [1.807, 2.05) is 30.3 Å². The Kier molecular flexibility index (Phi) is 4.49. The smallest absolute Gasteiger partial charge is 0.389 e. The highest BCUT2D eigenvalue weighted by molar-refractivity contribution is 7.70. The van der Waals surface area contributed by atoms with Crippen molar-refractivity contribution in [1.82, 2.24) is 0 Å². The van der Waals surface area contributed by atoms with Gasteiger partial charge in [0.25, 0.3) is 0 Å². The summed E-state index contributed by atoms with van der Waals surface area (Å²) in [6.07, 6.45) is 0. The normalized spacial score (nSPS) is 14.8. The molecule has 0 amide bonds. The molecule has 0 aliphatic carbocycles. The maximum atomic E-state index is 11.6. The van der Waals surface area contributed by atoms with E-state index >= 15 is 0 Å². The van der Waals surface area contributed by atoms with Gasteiger partial charge in [-0.3, -0.25) is 4.57 Å². The number of thiophene rings is 1. The first kappa shape index (κ1) is 15.4. The van der Waals surface area contributed by atoms with Gasteiger partial charge < -0.3 is 19.2 Å². The molecule has 0 saturated heterocycles. The summed E-state index contributed by atoms with van der Waals surface area (Å²) in [5.41, 5.74) is 1.73. The van der Waals surface area contributed by atoms with Crippen molar-refractivity contribution in [3.63, 3.8) is 0 Å². The molecule has 1 atom stereocenters. The van der Waals surface area contributed by atoms with Crippen molar-refractivity contribution < 1.29 is 28.3 Å². The Balaban J connectivity index is 2.14. The highest BCUT2D eigenvalue weighted by Gasteiger charge is 2.32. The lowest BCUT2D eigenvalue weighted by Gasteiger charge is -2.12. The van der Waals surface area contributed by atoms with Gasteiger partial charge in [0.05, 0.1) is 0 Å². The van der Waals surface area contributed by atoms with E-state index < -0.39 is 21.1 Å². The largest absolute Gasteiger partial charge is 0.414 e. The average Bonchev–Trinajstić information content (AvgIpc) is 2.74. The van der Waals surface area contributed by atoms with Crippen molar-refractivity contribution in [2.75, 3.05) is 5.90 Å². The average molecular weight is 334 g/mol. The summed E-state index contributed by atoms with van der Waals surface area (Å²) in [7, 11) is -8.98. The van der Waals surface area contributed by atoms with E-state index in [2.05, 4.69) is 0 Å². The van der Waals surface area contributed by atoms with Gasteiger partial charge in [-0.2, -0.15) is 0 Å². The monoisotopic (exact) mass is 334 g/mol. The molecule has 2 aromatic rings. The van der Waals surface area contributed by atoms with E-state index in [1.165, 1.54) is 0 Å². The second-order valence-electron chi connectivity index (χ2n) is 4.06. The lowest BCUT2D eigenvalue weighted by Crippen LogP contribution is -1.96. The van der Waals surface area contributed by atoms with E-state index in [9.17, 15) is 14.0 Å². The summed E-state index contributed by atoms with van der Waals surface area (Å²) in [5.74, 6) is -1.20. The summed E-state index contributed by atoms with van der Waals surface area (Å²) >= 11 is 1.09. The number of benzene rings is 1. The van der Waals surface area contributed by atoms with Crippen molar-refractivity contribution >= 4 is 26.5 Å². The predicted octanol–water partition coefficient (Wildman–Crippen LogP) is 3.11. The third kappa shape index (κ3) is 4.56. The molecule has 6 nitrogen and oxygen atoms in total. The van der Waals surface area contributed by atoms with Crippen molar-refractivity contribution in [3.8, 4) is 16.2 Å². The Morgan fingerprint density at radius 1 is 1.05 bits per heavy atom. The van der Waals surface area contributed by atoms with Crippen LogP contribution in [0.5, 0.6) is 5.06 Å². The number of rotatable bonds is 5. The fourth-order valence-corrected chi connectivity index (χ4v) is 5.14. The Morgan fingerprint density at radius 2 is 1.70 bits per heavy atom. The zero-order valence-electron chi connectivity index (χ0n) is 10.1. The Labute approximate surface area is 119 Å². The summed E-state index contributed by atoms with van der Waals surface area (Å²) < 4.78 is 27.2. The van der Waals surface area contributed by atoms with Crippen molar-refractivity contribution in [1.29, 1.82) is 0 Å². The van der Waals surface area contributed by atoms with Crippen LogP contribution in [-0.4, -0.2) is 20.6 Å². The van der Waals surface area contributed by atoms with Gasteiger partial charge in [-0.1, -0.05) is 30.3 Å². The molecule has 1 aromatic carbocycles. The molecular formula is C11H12O6P2S. The summed E-state index contributed by atoms with van der Waals surface area (Å²) in [6, 6.07) is 10.9. The van der Waals surface area contributed by atoms with Crippen LogP contribution in [0.2, 0.25) is 0 Å². The standard InChI is InChI=1S/C11H12O6P2S/c12-18(13,14)8-19(15,16)17-11-6-10(7-20-11)9-4-2-1-3-5-9/h1-7H,8H2,(H,15,16)(H2,12,13,14). The Hall–Kier alpha value is -0.940. The molecule has 0 bridgehead atoms. The molecule has 2 rings (SSSR count). The maximum Gasteiger partial charge on any atom is 0.389 e. The molecule has 3 N–H and O–H groups in total. The van der Waals surface area contributed by atoms with Crippen LogP contribution in [0, 0.1) is 0 Å². The van der Waals surface area contributed by atoms with Crippen LogP contribution in [0.4, 0.5) is 0 Å². The van der Waals surface area contributed by atoms with Crippen LogP contribution in [-0.2, 0) is 9.13 Å². The minimum Gasteiger partial charge on any atom is -0.414 e. The zero-order chi connectivity index (χ0) is 14.8. The molecule has 0 radical (unpaired) electrons. The minimum atomic E-state index is -4.61. The van der Waals surface area contributed by atoms with Gasteiger partial charge in [-0.15, -0.1) is 11.3 Å². The third-order valence-corrected chi connectivity index (χ3v) is 6.59. The highest BCUT2D eigenvalue weighted by atomic mass is 32.1. The minimum absolute atomic E-state index is 0.142. The van der Waals surface area contributed by atoms with Crippen LogP contribution in [0.3, 0.4) is 0 Å². The number of hydrogen-bond acceptors (Lipinski definition) is 4. The number of hydrogen-bond donors (Lipinski definition) is 3. The second-order valence-corrected chi connectivity index (χ2v) is 8.85. The third-order valence-electron chi connectivity index (χ3n) is 2.28. The Morgan fingerprint density at radius 3 is 2.30 bits per heavy atom. The topological polar surface area (TPSA) is 104 Å². The fraction of sp³-hybridized carbons (Fsp3) is 0.0909. The first-order chi connectivity index (χ1) is 9.25. The van der Waals surface area contributed by atoms with Crippen molar-refractivity contribution in [2.24, 2.45) is 0 Å². The van der Waals surface area contributed by atoms with Crippen LogP contribution in [0.15, 0.2) is 41.8 Å². The lowest BCUT2D eigenvalue weighted by molar-refractivity contribution is 0.361. The van der Waals surface area contributed by atoms with Gasteiger partial charge in [-0.05, 0) is 11.1 Å². The van der Waals surface area contributed by atoms with Gasteiger partial charge in [-0.25, -0.2) is 4.57 Å². The van der Waals surface area contributed by atoms with Gasteiger partial charge in [0, 0.05) is 11.4 Å². The summed E-state index contributed by atoms with van der Waals surface area (Å²) in [6.45, 7) is 0. The molecule has 0 saturated carbocycles. The van der Waals surface area contributed by atoms with Crippen LogP contribution in [0.1, 0.15) is 0 Å². The molecule has 0 fully saturated rings. The molecule has 20 heavy (non-hydrogen) atoms. The van der Waals surface area contributed by atoms with Crippen molar-refractivity contribution in [2.45, 2.75) is 0 Å². The molecule has 1 aromatic heterocycles. The van der Waals surface area contributed by atoms with E-state index in [1.54, 1.807) is 11.4 Å². The molecule has 1 heterocycles. The molecule has 0 aliphatic rings. The van der Waals surface area contributed by atoms with E-state index in [4.69, 9.17) is 14.3 Å². The summed E-state index contributed by atoms with van der Waals surface area (Å²) in [4.78, 5) is 26.9. The SMILES string of the molecule is O=P(O)(O)CP(=O)(O)Oc1cc(-c2ccccc2)cs1. The molecule has 108 valence electrons. The van der Waals surface area contributed by atoms with Gasteiger partial charge in [0.2, 0.25) is 0 Å². The fourth-order valence-electron chi connectivity index (χ4n) is 1.55. The molecule has 9 heteroatoms. The Bertz CT molecular complexity index is 677.